The average Bonchev–Trinajstić information content (AvgIpc) is 3.07. The van der Waals surface area contributed by atoms with Gasteiger partial charge in [-0.25, -0.2) is 0 Å². The quantitative estimate of drug-likeness (QED) is 0.750. The molecule has 0 unspecified atom stereocenters. The van der Waals surface area contributed by atoms with Crippen molar-refractivity contribution in [2.75, 3.05) is 12.8 Å². The molecule has 0 aliphatic carbocycles. The van der Waals surface area contributed by atoms with E-state index in [1.54, 1.807) is 19.4 Å². The zero-order valence-electron chi connectivity index (χ0n) is 10.3. The van der Waals surface area contributed by atoms with Crippen LogP contribution in [0.4, 0.5) is 5.88 Å². The first-order valence-electron chi connectivity index (χ1n) is 5.69. The van der Waals surface area contributed by atoms with Gasteiger partial charge in [0.05, 0.1) is 18.4 Å². The Bertz CT molecular complexity index is 688. The zero-order valence-corrected chi connectivity index (χ0v) is 10.3. The van der Waals surface area contributed by atoms with Crippen molar-refractivity contribution in [3.8, 4) is 28.3 Å². The highest BCUT2D eigenvalue weighted by Gasteiger charge is 2.20. The molecule has 2 aromatic heterocycles. The first kappa shape index (κ1) is 11.3. The van der Waals surface area contributed by atoms with Crippen molar-refractivity contribution in [3.05, 3.63) is 36.5 Å². The fourth-order valence-electron chi connectivity index (χ4n) is 1.99. The Morgan fingerprint density at radius 2 is 2.11 bits per heavy atom. The van der Waals surface area contributed by atoms with Crippen LogP contribution < -0.4 is 10.5 Å². The predicted molar refractivity (Wildman–Crippen MR) is 70.5 cm³/mol. The van der Waals surface area contributed by atoms with E-state index < -0.39 is 0 Å². The number of nitrogens with two attached hydrogens (primary N) is 1. The maximum absolute atomic E-state index is 5.88. The van der Waals surface area contributed by atoms with Crippen molar-refractivity contribution in [1.29, 1.82) is 0 Å². The number of aromatic amines is 1. The van der Waals surface area contributed by atoms with Gasteiger partial charge in [-0.15, -0.1) is 0 Å². The van der Waals surface area contributed by atoms with Gasteiger partial charge in [0, 0.05) is 11.8 Å². The summed E-state index contributed by atoms with van der Waals surface area (Å²) in [5.74, 6) is 0.951. The van der Waals surface area contributed by atoms with E-state index >= 15 is 0 Å². The molecule has 3 N–H and O–H groups in total. The zero-order chi connectivity index (χ0) is 13.2. The molecular formula is C13H12N4O2. The number of hydrogen-bond acceptors (Lipinski definition) is 5. The van der Waals surface area contributed by atoms with Crippen LogP contribution in [-0.2, 0) is 0 Å². The second kappa shape index (κ2) is 4.49. The molecule has 0 bridgehead atoms. The molecule has 1 aromatic carbocycles. The van der Waals surface area contributed by atoms with Gasteiger partial charge in [0.1, 0.15) is 11.4 Å². The molecule has 0 saturated carbocycles. The average molecular weight is 256 g/mol. The van der Waals surface area contributed by atoms with Crippen LogP contribution in [0.25, 0.3) is 22.5 Å². The van der Waals surface area contributed by atoms with Crippen LogP contribution >= 0.6 is 0 Å². The standard InChI is InChI=1S/C13H12N4O2/c1-18-10-5-3-2-4-8(10)11-12(17-19-13(11)14)9-6-7-15-16-9/h2-7H,14H2,1H3,(H,15,16). The topological polar surface area (TPSA) is 90.0 Å². The van der Waals surface area contributed by atoms with Crippen LogP contribution in [0.5, 0.6) is 5.75 Å². The summed E-state index contributed by atoms with van der Waals surface area (Å²) in [4.78, 5) is 0. The Morgan fingerprint density at radius 1 is 1.26 bits per heavy atom. The van der Waals surface area contributed by atoms with Gasteiger partial charge < -0.3 is 15.0 Å². The molecular weight excluding hydrogens is 244 g/mol. The van der Waals surface area contributed by atoms with Crippen molar-refractivity contribution in [2.24, 2.45) is 0 Å². The molecule has 0 saturated heterocycles. The number of ether oxygens (including phenoxy) is 1. The second-order valence-electron chi connectivity index (χ2n) is 3.94. The molecule has 0 spiro atoms. The summed E-state index contributed by atoms with van der Waals surface area (Å²) in [5, 5.41) is 10.7. The fourth-order valence-corrected chi connectivity index (χ4v) is 1.99. The van der Waals surface area contributed by atoms with E-state index in [0.29, 0.717) is 17.0 Å². The number of methoxy groups -OCH3 is 1. The van der Waals surface area contributed by atoms with Gasteiger partial charge in [-0.2, -0.15) is 5.10 Å². The normalized spacial score (nSPS) is 10.6. The third-order valence-electron chi connectivity index (χ3n) is 2.85. The van der Waals surface area contributed by atoms with E-state index in [9.17, 15) is 0 Å². The SMILES string of the molecule is COc1ccccc1-c1c(-c2ccn[nH]2)noc1N. The third kappa shape index (κ3) is 1.83. The summed E-state index contributed by atoms with van der Waals surface area (Å²) in [7, 11) is 1.61. The minimum atomic E-state index is 0.245. The van der Waals surface area contributed by atoms with Crippen molar-refractivity contribution >= 4 is 5.88 Å². The molecule has 0 amide bonds. The monoisotopic (exact) mass is 256 g/mol. The lowest BCUT2D eigenvalue weighted by molar-refractivity contribution is 0.416. The lowest BCUT2D eigenvalue weighted by atomic mass is 10.0. The van der Waals surface area contributed by atoms with Crippen LogP contribution in [0, 0.1) is 0 Å². The van der Waals surface area contributed by atoms with E-state index in [2.05, 4.69) is 15.4 Å². The number of nitrogens with one attached hydrogen (secondary N) is 1. The Kier molecular flexibility index (Phi) is 2.68. The van der Waals surface area contributed by atoms with Gasteiger partial charge in [0.2, 0.25) is 5.88 Å². The molecule has 0 radical (unpaired) electrons. The van der Waals surface area contributed by atoms with E-state index in [1.807, 2.05) is 24.3 Å². The van der Waals surface area contributed by atoms with E-state index in [0.717, 1.165) is 11.3 Å². The van der Waals surface area contributed by atoms with Crippen LogP contribution in [0.3, 0.4) is 0 Å². The second-order valence-corrected chi connectivity index (χ2v) is 3.94. The van der Waals surface area contributed by atoms with Crippen molar-refractivity contribution in [1.82, 2.24) is 15.4 Å². The predicted octanol–water partition coefficient (Wildman–Crippen LogP) is 2.32. The Balaban J connectivity index is 2.23. The highest BCUT2D eigenvalue weighted by Crippen LogP contribution is 2.39. The van der Waals surface area contributed by atoms with Crippen LogP contribution in [0.2, 0.25) is 0 Å². The summed E-state index contributed by atoms with van der Waals surface area (Å²) in [6.45, 7) is 0. The number of aromatic nitrogens is 3. The smallest absolute Gasteiger partial charge is 0.230 e. The Labute approximate surface area is 109 Å². The molecule has 3 rings (SSSR count). The molecule has 96 valence electrons. The molecule has 19 heavy (non-hydrogen) atoms. The highest BCUT2D eigenvalue weighted by atomic mass is 16.5. The molecule has 0 aliphatic rings. The Morgan fingerprint density at radius 3 is 2.84 bits per heavy atom. The van der Waals surface area contributed by atoms with E-state index in [4.69, 9.17) is 15.0 Å². The van der Waals surface area contributed by atoms with Crippen molar-refractivity contribution in [2.45, 2.75) is 0 Å². The molecule has 0 atom stereocenters. The van der Waals surface area contributed by atoms with Gasteiger partial charge in [0.15, 0.2) is 0 Å². The minimum absolute atomic E-state index is 0.245. The number of rotatable bonds is 3. The summed E-state index contributed by atoms with van der Waals surface area (Å²) in [5.41, 5.74) is 8.76. The number of nitrogens with zero attached hydrogens (tertiary/aromatic N) is 2. The minimum Gasteiger partial charge on any atom is -0.496 e. The molecule has 0 aliphatic heterocycles. The van der Waals surface area contributed by atoms with Gasteiger partial charge in [-0.1, -0.05) is 23.4 Å². The molecule has 2 heterocycles. The number of benzene rings is 1. The van der Waals surface area contributed by atoms with Crippen LogP contribution in [-0.4, -0.2) is 22.5 Å². The van der Waals surface area contributed by atoms with Crippen LogP contribution in [0.15, 0.2) is 41.1 Å². The number of anilines is 1. The lowest BCUT2D eigenvalue weighted by Crippen LogP contribution is -1.92. The third-order valence-corrected chi connectivity index (χ3v) is 2.85. The highest BCUT2D eigenvalue weighted by molar-refractivity contribution is 5.88. The van der Waals surface area contributed by atoms with E-state index in [1.165, 1.54) is 0 Å². The van der Waals surface area contributed by atoms with Crippen molar-refractivity contribution in [3.63, 3.8) is 0 Å². The molecule has 6 heteroatoms. The molecule has 6 nitrogen and oxygen atoms in total. The summed E-state index contributed by atoms with van der Waals surface area (Å²) in [6.07, 6.45) is 1.65. The van der Waals surface area contributed by atoms with Gasteiger partial charge >= 0.3 is 0 Å². The largest absolute Gasteiger partial charge is 0.496 e. The van der Waals surface area contributed by atoms with Crippen LogP contribution in [0.1, 0.15) is 0 Å². The first-order valence-corrected chi connectivity index (χ1v) is 5.69. The van der Waals surface area contributed by atoms with Crippen molar-refractivity contribution < 1.29 is 9.26 Å². The summed E-state index contributed by atoms with van der Waals surface area (Å²) < 4.78 is 10.4. The summed E-state index contributed by atoms with van der Waals surface area (Å²) >= 11 is 0. The number of nitrogen functional groups attached to an aromatic ring is 1. The van der Waals surface area contributed by atoms with Gasteiger partial charge in [-0.05, 0) is 12.1 Å². The lowest BCUT2D eigenvalue weighted by Gasteiger charge is -2.07. The maximum atomic E-state index is 5.88. The number of hydrogen-bond donors (Lipinski definition) is 2. The van der Waals surface area contributed by atoms with Gasteiger partial charge in [0.25, 0.3) is 0 Å². The summed E-state index contributed by atoms with van der Waals surface area (Å²) in [6, 6.07) is 9.36. The maximum Gasteiger partial charge on any atom is 0.230 e. The number of para-hydroxylation sites is 1. The van der Waals surface area contributed by atoms with E-state index in [-0.39, 0.29) is 5.88 Å². The molecule has 0 fully saturated rings. The fraction of sp³-hybridized carbons (Fsp3) is 0.0769. The Hall–Kier alpha value is -2.76. The number of H-pyrrole nitrogens is 1. The van der Waals surface area contributed by atoms with Gasteiger partial charge in [-0.3, -0.25) is 5.10 Å². The first-order chi connectivity index (χ1) is 9.31. The molecule has 3 aromatic rings.